The van der Waals surface area contributed by atoms with Crippen LogP contribution in [0.1, 0.15) is 20.9 Å². The zero-order chi connectivity index (χ0) is 16.2. The Morgan fingerprint density at radius 2 is 2.00 bits per heavy atom. The first kappa shape index (κ1) is 16.3. The van der Waals surface area contributed by atoms with Crippen LogP contribution in [0.25, 0.3) is 0 Å². The van der Waals surface area contributed by atoms with E-state index in [2.05, 4.69) is 10.3 Å². The topological polar surface area (TPSA) is 51.2 Å². The maximum Gasteiger partial charge on any atom is 0.434 e. The second-order valence-corrected chi connectivity index (χ2v) is 5.24. The van der Waals surface area contributed by atoms with E-state index in [-0.39, 0.29) is 6.54 Å². The van der Waals surface area contributed by atoms with Crippen LogP contribution in [0, 0.1) is 0 Å². The molecule has 0 spiro atoms. The summed E-state index contributed by atoms with van der Waals surface area (Å²) < 4.78 is 43.0. The van der Waals surface area contributed by atoms with Crippen LogP contribution in [-0.4, -0.2) is 24.5 Å². The number of thiazole rings is 1. The average molecular weight is 330 g/mol. The van der Waals surface area contributed by atoms with Gasteiger partial charge in [0.25, 0.3) is 5.91 Å². The minimum Gasteiger partial charge on any atom is -0.497 e. The third kappa shape index (κ3) is 3.97. The summed E-state index contributed by atoms with van der Waals surface area (Å²) in [7, 11) is 1.56. The summed E-state index contributed by atoms with van der Waals surface area (Å²) in [6, 6.07) is 7.22. The molecule has 0 aliphatic rings. The summed E-state index contributed by atoms with van der Waals surface area (Å²) in [5, 5.41) is 2.47. The van der Waals surface area contributed by atoms with Gasteiger partial charge in [-0.15, -0.1) is 11.3 Å². The molecular formula is C14H13F3N2O2S. The summed E-state index contributed by atoms with van der Waals surface area (Å²) in [4.78, 5) is 14.6. The van der Waals surface area contributed by atoms with Gasteiger partial charge in [0.05, 0.1) is 12.6 Å². The minimum atomic E-state index is -4.62. The predicted molar refractivity (Wildman–Crippen MR) is 76.1 cm³/mol. The van der Waals surface area contributed by atoms with Gasteiger partial charge in [0.15, 0.2) is 5.69 Å². The van der Waals surface area contributed by atoms with Crippen molar-refractivity contribution < 1.29 is 22.7 Å². The number of amides is 1. The van der Waals surface area contributed by atoms with Crippen molar-refractivity contribution in [2.75, 3.05) is 13.7 Å². The van der Waals surface area contributed by atoms with E-state index < -0.39 is 22.7 Å². The van der Waals surface area contributed by atoms with Crippen molar-refractivity contribution >= 4 is 17.2 Å². The first-order valence-electron chi connectivity index (χ1n) is 6.33. The van der Waals surface area contributed by atoms with Crippen molar-refractivity contribution in [3.05, 3.63) is 45.9 Å². The van der Waals surface area contributed by atoms with Crippen LogP contribution < -0.4 is 10.1 Å². The Bertz CT molecular complexity index is 638. The van der Waals surface area contributed by atoms with Crippen molar-refractivity contribution in [3.63, 3.8) is 0 Å². The van der Waals surface area contributed by atoms with E-state index in [4.69, 9.17) is 4.74 Å². The van der Waals surface area contributed by atoms with Crippen molar-refractivity contribution in [1.29, 1.82) is 0 Å². The molecule has 0 aliphatic carbocycles. The molecule has 8 heteroatoms. The second-order valence-electron chi connectivity index (χ2n) is 4.38. The number of carbonyl (C=O) groups excluding carboxylic acids is 1. The van der Waals surface area contributed by atoms with Crippen LogP contribution in [0.4, 0.5) is 13.2 Å². The number of halogens is 3. The molecular weight excluding hydrogens is 317 g/mol. The third-order valence-corrected chi connectivity index (χ3v) is 3.73. The Labute approximate surface area is 128 Å². The van der Waals surface area contributed by atoms with Gasteiger partial charge in [0.2, 0.25) is 0 Å². The predicted octanol–water partition coefficient (Wildman–Crippen LogP) is 3.14. The number of ether oxygens (including phenoxy) is 1. The second kappa shape index (κ2) is 6.78. The van der Waals surface area contributed by atoms with Crippen LogP contribution in [0.3, 0.4) is 0 Å². The fraction of sp³-hybridized carbons (Fsp3) is 0.286. The molecule has 1 amide bonds. The zero-order valence-electron chi connectivity index (χ0n) is 11.6. The number of hydrogen-bond donors (Lipinski definition) is 1. The fourth-order valence-electron chi connectivity index (χ4n) is 1.80. The molecule has 1 heterocycles. The average Bonchev–Trinajstić information content (AvgIpc) is 2.97. The van der Waals surface area contributed by atoms with E-state index in [1.165, 1.54) is 0 Å². The van der Waals surface area contributed by atoms with Gasteiger partial charge in [0.1, 0.15) is 10.6 Å². The Morgan fingerprint density at radius 3 is 2.59 bits per heavy atom. The largest absolute Gasteiger partial charge is 0.497 e. The molecule has 0 saturated carbocycles. The van der Waals surface area contributed by atoms with Gasteiger partial charge >= 0.3 is 6.18 Å². The lowest BCUT2D eigenvalue weighted by Gasteiger charge is -2.08. The number of nitrogens with one attached hydrogen (secondary N) is 1. The molecule has 22 heavy (non-hydrogen) atoms. The van der Waals surface area contributed by atoms with Gasteiger partial charge in [0, 0.05) is 6.54 Å². The van der Waals surface area contributed by atoms with Gasteiger partial charge < -0.3 is 10.1 Å². The molecule has 118 valence electrons. The summed E-state index contributed by atoms with van der Waals surface area (Å²) in [6.45, 7) is 0.236. The Hall–Kier alpha value is -2.09. The quantitative estimate of drug-likeness (QED) is 0.916. The smallest absolute Gasteiger partial charge is 0.434 e. The number of methoxy groups -OCH3 is 1. The van der Waals surface area contributed by atoms with E-state index in [1.54, 1.807) is 19.2 Å². The normalized spacial score (nSPS) is 11.3. The van der Waals surface area contributed by atoms with Crippen molar-refractivity contribution in [3.8, 4) is 5.75 Å². The van der Waals surface area contributed by atoms with Crippen LogP contribution in [0.15, 0.2) is 29.8 Å². The maximum absolute atomic E-state index is 12.7. The molecule has 1 aromatic heterocycles. The molecule has 0 saturated heterocycles. The molecule has 0 atom stereocenters. The fourth-order valence-corrected chi connectivity index (χ4v) is 2.52. The molecule has 0 bridgehead atoms. The Balaban J connectivity index is 1.92. The van der Waals surface area contributed by atoms with Gasteiger partial charge in [-0.05, 0) is 24.1 Å². The molecule has 0 radical (unpaired) electrons. The molecule has 4 nitrogen and oxygen atoms in total. The lowest BCUT2D eigenvalue weighted by Crippen LogP contribution is -2.27. The zero-order valence-corrected chi connectivity index (χ0v) is 12.4. The number of hydrogen-bond acceptors (Lipinski definition) is 4. The number of aromatic nitrogens is 1. The number of nitrogens with zero attached hydrogens (tertiary/aromatic N) is 1. The van der Waals surface area contributed by atoms with Crippen molar-refractivity contribution in [1.82, 2.24) is 10.3 Å². The molecule has 0 aliphatic heterocycles. The highest BCUT2D eigenvalue weighted by atomic mass is 32.1. The summed E-state index contributed by atoms with van der Waals surface area (Å²) in [5.41, 5.74) is 0.821. The van der Waals surface area contributed by atoms with E-state index in [0.717, 1.165) is 11.1 Å². The first-order valence-corrected chi connectivity index (χ1v) is 7.21. The molecule has 0 fully saturated rings. The first-order chi connectivity index (χ1) is 10.4. The highest BCUT2D eigenvalue weighted by Crippen LogP contribution is 2.32. The summed E-state index contributed by atoms with van der Waals surface area (Å²) in [5.74, 6) is -0.0457. The maximum atomic E-state index is 12.7. The van der Waals surface area contributed by atoms with Crippen molar-refractivity contribution in [2.45, 2.75) is 12.6 Å². The van der Waals surface area contributed by atoms with Gasteiger partial charge in [-0.25, -0.2) is 4.98 Å². The van der Waals surface area contributed by atoms with Gasteiger partial charge in [-0.1, -0.05) is 12.1 Å². The number of rotatable bonds is 5. The van der Waals surface area contributed by atoms with Crippen LogP contribution >= 0.6 is 11.3 Å². The minimum absolute atomic E-state index is 0.236. The molecule has 1 N–H and O–H groups in total. The van der Waals surface area contributed by atoms with Gasteiger partial charge in [-0.2, -0.15) is 13.2 Å². The van der Waals surface area contributed by atoms with Crippen molar-refractivity contribution in [2.24, 2.45) is 0 Å². The summed E-state index contributed by atoms with van der Waals surface area (Å²) >= 11 is 0.676. The van der Waals surface area contributed by atoms with E-state index in [9.17, 15) is 18.0 Å². The molecule has 1 aromatic carbocycles. The third-order valence-electron chi connectivity index (χ3n) is 2.90. The Kier molecular flexibility index (Phi) is 5.02. The molecule has 2 aromatic rings. The molecule has 0 unspecified atom stereocenters. The van der Waals surface area contributed by atoms with Crippen LogP contribution in [0.2, 0.25) is 0 Å². The highest BCUT2D eigenvalue weighted by molar-refractivity contribution is 7.11. The number of carbonyl (C=O) groups is 1. The Morgan fingerprint density at radius 1 is 1.32 bits per heavy atom. The lowest BCUT2D eigenvalue weighted by molar-refractivity contribution is -0.141. The van der Waals surface area contributed by atoms with Crippen LogP contribution in [0.5, 0.6) is 5.75 Å². The standard InChI is InChI=1S/C14H13F3N2O2S/c1-21-10-4-2-9(3-5-10)6-7-18-13(20)11-12(14(15,16)17)19-8-22-11/h2-5,8H,6-7H2,1H3,(H,18,20). The summed E-state index contributed by atoms with van der Waals surface area (Å²) in [6.07, 6.45) is -4.11. The monoisotopic (exact) mass is 330 g/mol. The number of benzene rings is 1. The SMILES string of the molecule is COc1ccc(CCNC(=O)c2scnc2C(F)(F)F)cc1. The van der Waals surface area contributed by atoms with E-state index >= 15 is 0 Å². The number of alkyl halides is 3. The van der Waals surface area contributed by atoms with E-state index in [0.29, 0.717) is 23.5 Å². The molecule has 2 rings (SSSR count). The van der Waals surface area contributed by atoms with E-state index in [1.807, 2.05) is 12.1 Å². The highest BCUT2D eigenvalue weighted by Gasteiger charge is 2.38. The van der Waals surface area contributed by atoms with Gasteiger partial charge in [-0.3, -0.25) is 4.79 Å². The van der Waals surface area contributed by atoms with Crippen LogP contribution in [-0.2, 0) is 12.6 Å². The lowest BCUT2D eigenvalue weighted by atomic mass is 10.1.